The number of halogens is 1. The van der Waals surface area contributed by atoms with Crippen LogP contribution in [0.1, 0.15) is 0 Å². The SMILES string of the molecule is Nc1ccc(-n2cnc3cc([N+](=O)[O-])ccc32)cc1F. The van der Waals surface area contributed by atoms with Crippen LogP contribution in [0.25, 0.3) is 16.7 Å². The van der Waals surface area contributed by atoms with E-state index in [0.29, 0.717) is 16.7 Å². The first-order valence-corrected chi connectivity index (χ1v) is 5.73. The molecule has 2 N–H and O–H groups in total. The van der Waals surface area contributed by atoms with E-state index in [-0.39, 0.29) is 11.4 Å². The van der Waals surface area contributed by atoms with Crippen LogP contribution in [0.4, 0.5) is 15.8 Å². The number of aromatic nitrogens is 2. The van der Waals surface area contributed by atoms with Crippen molar-refractivity contribution < 1.29 is 9.31 Å². The van der Waals surface area contributed by atoms with Gasteiger partial charge in [0.1, 0.15) is 12.1 Å². The summed E-state index contributed by atoms with van der Waals surface area (Å²) in [6.07, 6.45) is 1.49. The van der Waals surface area contributed by atoms with Crippen molar-refractivity contribution >= 4 is 22.4 Å². The lowest BCUT2D eigenvalue weighted by molar-refractivity contribution is -0.384. The van der Waals surface area contributed by atoms with Gasteiger partial charge in [0.2, 0.25) is 0 Å². The highest BCUT2D eigenvalue weighted by atomic mass is 19.1. The Morgan fingerprint density at radius 3 is 2.75 bits per heavy atom. The van der Waals surface area contributed by atoms with E-state index >= 15 is 0 Å². The Kier molecular flexibility index (Phi) is 2.60. The number of imidazole rings is 1. The fourth-order valence-corrected chi connectivity index (χ4v) is 1.99. The van der Waals surface area contributed by atoms with E-state index in [9.17, 15) is 14.5 Å². The molecule has 0 saturated heterocycles. The number of fused-ring (bicyclic) bond motifs is 1. The zero-order valence-electron chi connectivity index (χ0n) is 10.2. The van der Waals surface area contributed by atoms with E-state index in [1.807, 2.05) is 0 Å². The molecule has 100 valence electrons. The number of nitrogens with two attached hydrogens (primary N) is 1. The van der Waals surface area contributed by atoms with E-state index in [2.05, 4.69) is 4.98 Å². The highest BCUT2D eigenvalue weighted by molar-refractivity contribution is 5.79. The van der Waals surface area contributed by atoms with Crippen molar-refractivity contribution in [3.8, 4) is 5.69 Å². The van der Waals surface area contributed by atoms with Crippen LogP contribution in [0, 0.1) is 15.9 Å². The van der Waals surface area contributed by atoms with Crippen LogP contribution < -0.4 is 5.73 Å². The van der Waals surface area contributed by atoms with E-state index < -0.39 is 10.7 Å². The number of anilines is 1. The summed E-state index contributed by atoms with van der Waals surface area (Å²) in [5.74, 6) is -0.522. The maximum atomic E-state index is 13.5. The van der Waals surface area contributed by atoms with Crippen LogP contribution in [0.5, 0.6) is 0 Å². The van der Waals surface area contributed by atoms with Gasteiger partial charge in [-0.1, -0.05) is 0 Å². The summed E-state index contributed by atoms with van der Waals surface area (Å²) in [6.45, 7) is 0. The minimum absolute atomic E-state index is 0.0359. The lowest BCUT2D eigenvalue weighted by Gasteiger charge is -2.05. The quantitative estimate of drug-likeness (QED) is 0.441. The molecule has 1 heterocycles. The van der Waals surface area contributed by atoms with Crippen LogP contribution >= 0.6 is 0 Å². The summed E-state index contributed by atoms with van der Waals surface area (Å²) in [4.78, 5) is 14.3. The second-order valence-corrected chi connectivity index (χ2v) is 4.25. The molecule has 3 aromatic rings. The molecule has 20 heavy (non-hydrogen) atoms. The third kappa shape index (κ3) is 1.85. The third-order valence-corrected chi connectivity index (χ3v) is 3.00. The van der Waals surface area contributed by atoms with Gasteiger partial charge in [-0.2, -0.15) is 0 Å². The zero-order valence-corrected chi connectivity index (χ0v) is 10.2. The molecule has 7 heteroatoms. The van der Waals surface area contributed by atoms with Crippen molar-refractivity contribution in [3.63, 3.8) is 0 Å². The fourth-order valence-electron chi connectivity index (χ4n) is 1.99. The van der Waals surface area contributed by atoms with Gasteiger partial charge in [0.25, 0.3) is 5.69 Å². The monoisotopic (exact) mass is 272 g/mol. The Morgan fingerprint density at radius 1 is 1.25 bits per heavy atom. The number of non-ortho nitro benzene ring substituents is 1. The highest BCUT2D eigenvalue weighted by Gasteiger charge is 2.11. The van der Waals surface area contributed by atoms with Gasteiger partial charge in [-0.05, 0) is 18.2 Å². The van der Waals surface area contributed by atoms with Gasteiger partial charge in [0, 0.05) is 18.2 Å². The third-order valence-electron chi connectivity index (χ3n) is 3.00. The normalized spacial score (nSPS) is 10.8. The molecule has 3 rings (SSSR count). The average molecular weight is 272 g/mol. The Balaban J connectivity index is 2.17. The van der Waals surface area contributed by atoms with Gasteiger partial charge in [-0.3, -0.25) is 14.7 Å². The van der Waals surface area contributed by atoms with Gasteiger partial charge < -0.3 is 5.73 Å². The number of nitrogens with zero attached hydrogens (tertiary/aromatic N) is 3. The molecule has 0 unspecified atom stereocenters. The largest absolute Gasteiger partial charge is 0.396 e. The van der Waals surface area contributed by atoms with Crippen LogP contribution in [-0.2, 0) is 0 Å². The van der Waals surface area contributed by atoms with Gasteiger partial charge in [-0.15, -0.1) is 0 Å². The summed E-state index contributed by atoms with van der Waals surface area (Å²) >= 11 is 0. The second kappa shape index (κ2) is 4.30. The van der Waals surface area contributed by atoms with Crippen LogP contribution in [0.2, 0.25) is 0 Å². The molecule has 0 bridgehead atoms. The summed E-state index contributed by atoms with van der Waals surface area (Å²) in [7, 11) is 0. The summed E-state index contributed by atoms with van der Waals surface area (Å²) < 4.78 is 15.1. The maximum absolute atomic E-state index is 13.5. The molecule has 0 fully saturated rings. The first-order valence-electron chi connectivity index (χ1n) is 5.73. The summed E-state index contributed by atoms with van der Waals surface area (Å²) in [6, 6.07) is 8.74. The minimum atomic E-state index is -0.522. The van der Waals surface area contributed by atoms with Crippen molar-refractivity contribution in [3.05, 3.63) is 58.7 Å². The standard InChI is InChI=1S/C13H9FN4O2/c14-10-5-8(1-3-11(10)15)17-7-16-12-6-9(18(19)20)2-4-13(12)17/h1-7H,15H2. The van der Waals surface area contributed by atoms with E-state index in [1.165, 1.54) is 30.6 Å². The zero-order chi connectivity index (χ0) is 14.3. The number of nitro benzene ring substituents is 1. The molecule has 0 amide bonds. The lowest BCUT2D eigenvalue weighted by Crippen LogP contribution is -1.96. The molecule has 6 nitrogen and oxygen atoms in total. The number of hydrogen-bond acceptors (Lipinski definition) is 4. The second-order valence-electron chi connectivity index (χ2n) is 4.25. The van der Waals surface area contributed by atoms with E-state index in [0.717, 1.165) is 0 Å². The average Bonchev–Trinajstić information content (AvgIpc) is 2.84. The van der Waals surface area contributed by atoms with Gasteiger partial charge in [-0.25, -0.2) is 9.37 Å². The number of nitrogen functional groups attached to an aromatic ring is 1. The van der Waals surface area contributed by atoms with Crippen molar-refractivity contribution in [1.82, 2.24) is 9.55 Å². The van der Waals surface area contributed by atoms with Gasteiger partial charge in [0.05, 0.1) is 27.3 Å². The van der Waals surface area contributed by atoms with Crippen molar-refractivity contribution in [1.29, 1.82) is 0 Å². The predicted octanol–water partition coefficient (Wildman–Crippen LogP) is 2.66. The fraction of sp³-hybridized carbons (Fsp3) is 0. The molecular weight excluding hydrogens is 263 g/mol. The lowest BCUT2D eigenvalue weighted by atomic mass is 10.2. The van der Waals surface area contributed by atoms with Crippen molar-refractivity contribution in [2.24, 2.45) is 0 Å². The number of nitro groups is 1. The van der Waals surface area contributed by atoms with Gasteiger partial charge >= 0.3 is 0 Å². The van der Waals surface area contributed by atoms with Crippen LogP contribution in [0.15, 0.2) is 42.7 Å². The Bertz CT molecular complexity index is 828. The first-order chi connectivity index (χ1) is 9.56. The molecule has 1 aromatic heterocycles. The number of benzene rings is 2. The number of rotatable bonds is 2. The molecular formula is C13H9FN4O2. The molecule has 0 aliphatic heterocycles. The summed E-state index contributed by atoms with van der Waals surface area (Å²) in [5, 5.41) is 10.7. The predicted molar refractivity (Wildman–Crippen MR) is 72.1 cm³/mol. The topological polar surface area (TPSA) is 87.0 Å². The van der Waals surface area contributed by atoms with Crippen molar-refractivity contribution in [2.45, 2.75) is 0 Å². The number of hydrogen-bond donors (Lipinski definition) is 1. The summed E-state index contributed by atoms with van der Waals surface area (Å²) in [5.41, 5.74) is 7.13. The molecule has 0 aliphatic rings. The van der Waals surface area contributed by atoms with E-state index in [1.54, 1.807) is 16.7 Å². The molecule has 0 aliphatic carbocycles. The molecule has 0 radical (unpaired) electrons. The van der Waals surface area contributed by atoms with E-state index in [4.69, 9.17) is 5.73 Å². The van der Waals surface area contributed by atoms with Crippen LogP contribution in [-0.4, -0.2) is 14.5 Å². The molecule has 0 saturated carbocycles. The first kappa shape index (κ1) is 12.1. The Hall–Kier alpha value is -2.96. The molecule has 0 atom stereocenters. The maximum Gasteiger partial charge on any atom is 0.271 e. The smallest absolute Gasteiger partial charge is 0.271 e. The van der Waals surface area contributed by atoms with Crippen LogP contribution in [0.3, 0.4) is 0 Å². The molecule has 2 aromatic carbocycles. The minimum Gasteiger partial charge on any atom is -0.396 e. The Labute approximate surface area is 112 Å². The van der Waals surface area contributed by atoms with Gasteiger partial charge in [0.15, 0.2) is 0 Å². The Morgan fingerprint density at radius 2 is 2.05 bits per heavy atom. The highest BCUT2D eigenvalue weighted by Crippen LogP contribution is 2.24. The van der Waals surface area contributed by atoms with Crippen molar-refractivity contribution in [2.75, 3.05) is 5.73 Å². The molecule has 0 spiro atoms.